The number of anilines is 1. The molecule has 0 fully saturated rings. The molecule has 0 aliphatic carbocycles. The van der Waals surface area contributed by atoms with Gasteiger partial charge in [-0.1, -0.05) is 13.0 Å². The Morgan fingerprint density at radius 3 is 2.79 bits per heavy atom. The molecule has 0 aliphatic rings. The van der Waals surface area contributed by atoms with Gasteiger partial charge in [-0.25, -0.2) is 9.78 Å². The fourth-order valence-corrected chi connectivity index (χ4v) is 3.78. The van der Waals surface area contributed by atoms with Gasteiger partial charge in [0.15, 0.2) is 16.2 Å². The largest absolute Gasteiger partial charge is 0.464 e. The first-order valence-electron chi connectivity index (χ1n) is 9.12. The molecule has 0 amide bonds. The van der Waals surface area contributed by atoms with Crippen molar-refractivity contribution in [2.75, 3.05) is 18.2 Å². The van der Waals surface area contributed by atoms with Crippen LogP contribution in [0.1, 0.15) is 41.5 Å². The highest BCUT2D eigenvalue weighted by Gasteiger charge is 2.20. The lowest BCUT2D eigenvalue weighted by molar-refractivity contribution is 0.0595. The monoisotopic (exact) mass is 414 g/mol. The predicted molar refractivity (Wildman–Crippen MR) is 112 cm³/mol. The van der Waals surface area contributed by atoms with Crippen molar-refractivity contribution in [2.24, 2.45) is 0 Å². The Morgan fingerprint density at radius 2 is 2.10 bits per heavy atom. The van der Waals surface area contributed by atoms with Gasteiger partial charge >= 0.3 is 5.97 Å². The fraction of sp³-hybridized carbons (Fsp3) is 0.286. The second-order valence-corrected chi connectivity index (χ2v) is 8.22. The number of benzene rings is 1. The van der Waals surface area contributed by atoms with E-state index >= 15 is 0 Å². The van der Waals surface area contributed by atoms with Gasteiger partial charge in [0.2, 0.25) is 0 Å². The van der Waals surface area contributed by atoms with E-state index in [4.69, 9.17) is 9.15 Å². The van der Waals surface area contributed by atoms with E-state index in [9.17, 15) is 13.8 Å². The number of aromatic nitrogens is 1. The van der Waals surface area contributed by atoms with Crippen molar-refractivity contribution in [1.82, 2.24) is 4.98 Å². The number of nitrogens with zero attached hydrogens (tertiary/aromatic N) is 1. The molecule has 2 aromatic heterocycles. The second kappa shape index (κ2) is 8.57. The molecule has 0 saturated carbocycles. The minimum Gasteiger partial charge on any atom is -0.464 e. The Balaban J connectivity index is 2.12. The smallest absolute Gasteiger partial charge is 0.358 e. The maximum Gasteiger partial charge on any atom is 0.358 e. The van der Waals surface area contributed by atoms with E-state index < -0.39 is 16.8 Å². The molecule has 2 atom stereocenters. The average molecular weight is 414 g/mol. The Labute approximate surface area is 170 Å². The van der Waals surface area contributed by atoms with Crippen molar-refractivity contribution < 1.29 is 18.2 Å². The third kappa shape index (κ3) is 4.22. The number of esters is 1. The molecule has 2 heterocycles. The number of methoxy groups -OCH3 is 1. The first-order chi connectivity index (χ1) is 13.8. The van der Waals surface area contributed by atoms with Crippen molar-refractivity contribution in [1.29, 1.82) is 0 Å². The van der Waals surface area contributed by atoms with Crippen LogP contribution >= 0.6 is 0 Å². The van der Waals surface area contributed by atoms with Gasteiger partial charge in [0.25, 0.3) is 0 Å². The number of hydrogen-bond acceptors (Lipinski definition) is 7. The lowest BCUT2D eigenvalue weighted by atomic mass is 10.0. The molecule has 29 heavy (non-hydrogen) atoms. The summed E-state index contributed by atoms with van der Waals surface area (Å²) in [5.41, 5.74) is 2.40. The molecule has 0 radical (unpaired) electrons. The first-order valence-corrected chi connectivity index (χ1v) is 10.4. The van der Waals surface area contributed by atoms with Crippen molar-refractivity contribution in [2.45, 2.75) is 31.9 Å². The highest BCUT2D eigenvalue weighted by Crippen LogP contribution is 2.29. The van der Waals surface area contributed by atoms with Crippen LogP contribution in [-0.4, -0.2) is 28.0 Å². The van der Waals surface area contributed by atoms with Crippen LogP contribution in [0.5, 0.6) is 0 Å². The highest BCUT2D eigenvalue weighted by atomic mass is 32.2. The first kappa shape index (κ1) is 20.7. The summed E-state index contributed by atoms with van der Waals surface area (Å²) in [6, 6.07) is 8.04. The summed E-state index contributed by atoms with van der Waals surface area (Å²) in [4.78, 5) is 28.7. The number of carbonyl (C=O) groups is 1. The fourth-order valence-electron chi connectivity index (χ4n) is 3.08. The normalized spacial score (nSPS) is 13.1. The van der Waals surface area contributed by atoms with E-state index in [1.807, 2.05) is 19.9 Å². The van der Waals surface area contributed by atoms with Gasteiger partial charge in [0.05, 0.1) is 35.0 Å². The van der Waals surface area contributed by atoms with Gasteiger partial charge in [-0.2, -0.15) is 0 Å². The van der Waals surface area contributed by atoms with Gasteiger partial charge in [0.1, 0.15) is 5.58 Å². The van der Waals surface area contributed by atoms with Crippen LogP contribution in [0, 0.1) is 6.92 Å². The van der Waals surface area contributed by atoms with Gasteiger partial charge < -0.3 is 14.5 Å². The zero-order valence-electron chi connectivity index (χ0n) is 16.6. The summed E-state index contributed by atoms with van der Waals surface area (Å²) in [5, 5.41) is 3.82. The van der Waals surface area contributed by atoms with Gasteiger partial charge in [-0.3, -0.25) is 9.00 Å². The Hall–Kier alpha value is -3.00. The zero-order chi connectivity index (χ0) is 21.1. The summed E-state index contributed by atoms with van der Waals surface area (Å²) >= 11 is 0. The lowest BCUT2D eigenvalue weighted by Crippen LogP contribution is -2.14. The number of ether oxygens (including phenoxy) is 1. The molecule has 0 saturated heterocycles. The number of hydrogen-bond donors (Lipinski definition) is 1. The Kier molecular flexibility index (Phi) is 6.12. The number of fused-ring (bicyclic) bond motifs is 1. The van der Waals surface area contributed by atoms with E-state index in [2.05, 4.69) is 10.3 Å². The van der Waals surface area contributed by atoms with E-state index in [0.29, 0.717) is 28.0 Å². The molecular weight excluding hydrogens is 392 g/mol. The molecule has 0 spiro atoms. The number of pyridine rings is 1. The minimum absolute atomic E-state index is 0.152. The quantitative estimate of drug-likeness (QED) is 0.616. The van der Waals surface area contributed by atoms with Gasteiger partial charge in [0, 0.05) is 23.6 Å². The summed E-state index contributed by atoms with van der Waals surface area (Å²) in [6.07, 6.45) is 1.51. The topological polar surface area (TPSA) is 98.5 Å². The third-order valence-corrected chi connectivity index (χ3v) is 5.66. The average Bonchev–Trinajstić information content (AvgIpc) is 2.72. The molecule has 8 heteroatoms. The van der Waals surface area contributed by atoms with Crippen molar-refractivity contribution in [3.8, 4) is 0 Å². The molecule has 1 N–H and O–H groups in total. The molecule has 7 nitrogen and oxygen atoms in total. The van der Waals surface area contributed by atoms with Crippen LogP contribution in [0.25, 0.3) is 11.0 Å². The van der Waals surface area contributed by atoms with Crippen LogP contribution < -0.4 is 10.7 Å². The van der Waals surface area contributed by atoms with E-state index in [0.717, 1.165) is 5.56 Å². The third-order valence-electron chi connectivity index (χ3n) is 4.49. The number of rotatable bonds is 6. The Bertz CT molecular complexity index is 1160. The molecule has 0 aliphatic heterocycles. The summed E-state index contributed by atoms with van der Waals surface area (Å²) in [5.74, 6) is -0.205. The molecular formula is C21H22N2O5S. The van der Waals surface area contributed by atoms with Gasteiger partial charge in [-0.05, 0) is 37.6 Å². The maximum absolute atomic E-state index is 12.6. The SMILES string of the molecule is CCS(=O)c1cc(=O)c2cc(C)cc(C(C)Nc3cccnc3C(=O)OC)c2o1. The maximum atomic E-state index is 12.6. The summed E-state index contributed by atoms with van der Waals surface area (Å²) < 4.78 is 22.9. The standard InChI is InChI=1S/C21H22N2O5S/c1-5-29(26)18-11-17(24)15-10-12(2)9-14(20(15)28-18)13(3)23-16-7-6-8-22-19(16)21(25)27-4/h6-11,13,23H,5H2,1-4H3. The summed E-state index contributed by atoms with van der Waals surface area (Å²) in [7, 11) is -0.0969. The van der Waals surface area contributed by atoms with Crippen molar-refractivity contribution >= 4 is 33.4 Å². The van der Waals surface area contributed by atoms with E-state index in [-0.39, 0.29) is 22.3 Å². The van der Waals surface area contributed by atoms with Crippen LogP contribution in [0.2, 0.25) is 0 Å². The molecule has 152 valence electrons. The minimum atomic E-state index is -1.39. The van der Waals surface area contributed by atoms with E-state index in [1.165, 1.54) is 19.4 Å². The molecule has 1 aromatic carbocycles. The van der Waals surface area contributed by atoms with E-state index in [1.54, 1.807) is 25.1 Å². The molecule has 2 unspecified atom stereocenters. The van der Waals surface area contributed by atoms with Crippen molar-refractivity contribution in [3.63, 3.8) is 0 Å². The second-order valence-electron chi connectivity index (χ2n) is 6.55. The molecule has 3 aromatic rings. The lowest BCUT2D eigenvalue weighted by Gasteiger charge is -2.19. The molecule has 3 rings (SSSR count). The zero-order valence-corrected chi connectivity index (χ0v) is 17.5. The summed E-state index contributed by atoms with van der Waals surface area (Å²) in [6.45, 7) is 5.53. The van der Waals surface area contributed by atoms with Crippen LogP contribution in [0.4, 0.5) is 5.69 Å². The number of carbonyl (C=O) groups excluding carboxylic acids is 1. The Morgan fingerprint density at radius 1 is 1.34 bits per heavy atom. The highest BCUT2D eigenvalue weighted by molar-refractivity contribution is 7.84. The van der Waals surface area contributed by atoms with Crippen molar-refractivity contribution in [3.05, 3.63) is 63.6 Å². The van der Waals surface area contributed by atoms with Crippen LogP contribution in [0.15, 0.2) is 50.8 Å². The number of aryl methyl sites for hydroxylation is 1. The van der Waals surface area contributed by atoms with Crippen LogP contribution in [-0.2, 0) is 15.5 Å². The molecule has 0 bridgehead atoms. The van der Waals surface area contributed by atoms with Crippen LogP contribution in [0.3, 0.4) is 0 Å². The predicted octanol–water partition coefficient (Wildman–Crippen LogP) is 3.58. The number of nitrogens with one attached hydrogen (secondary N) is 1. The van der Waals surface area contributed by atoms with Gasteiger partial charge in [-0.15, -0.1) is 0 Å².